The van der Waals surface area contributed by atoms with Gasteiger partial charge < -0.3 is 4.57 Å². The number of nitrogens with zero attached hydrogens (tertiary/aromatic N) is 4. The van der Waals surface area contributed by atoms with Crippen molar-refractivity contribution >= 4 is 0 Å². The summed E-state index contributed by atoms with van der Waals surface area (Å²) in [5, 5.41) is 7.01. The third kappa shape index (κ3) is 2.46. The van der Waals surface area contributed by atoms with Crippen LogP contribution in [0.1, 0.15) is 28.5 Å². The predicted molar refractivity (Wildman–Crippen MR) is 71.2 cm³/mol. The van der Waals surface area contributed by atoms with Gasteiger partial charge >= 0.3 is 0 Å². The molecule has 98 valence electrons. The van der Waals surface area contributed by atoms with Crippen molar-refractivity contribution in [3.05, 3.63) is 34.7 Å². The second-order valence-corrected chi connectivity index (χ2v) is 4.95. The van der Waals surface area contributed by atoms with E-state index in [2.05, 4.69) is 52.6 Å². The molecule has 0 amide bonds. The maximum atomic E-state index is 4.60. The van der Waals surface area contributed by atoms with Crippen molar-refractivity contribution in [2.75, 3.05) is 7.05 Å². The van der Waals surface area contributed by atoms with Gasteiger partial charge in [0.05, 0.1) is 18.4 Å². The minimum Gasteiger partial charge on any atom is -0.334 e. The van der Waals surface area contributed by atoms with Crippen LogP contribution in [0, 0.1) is 20.8 Å². The highest BCUT2D eigenvalue weighted by atomic mass is 15.2. The summed E-state index contributed by atoms with van der Waals surface area (Å²) < 4.78 is 2.16. The highest BCUT2D eigenvalue weighted by molar-refractivity contribution is 5.15. The maximum Gasteiger partial charge on any atom is 0.123 e. The van der Waals surface area contributed by atoms with Gasteiger partial charge in [0.15, 0.2) is 0 Å². The van der Waals surface area contributed by atoms with Gasteiger partial charge in [0.1, 0.15) is 5.82 Å². The first-order chi connectivity index (χ1) is 8.49. The molecule has 0 aliphatic heterocycles. The van der Waals surface area contributed by atoms with Gasteiger partial charge in [0, 0.05) is 30.5 Å². The molecule has 5 nitrogen and oxygen atoms in total. The van der Waals surface area contributed by atoms with Gasteiger partial charge in [0.25, 0.3) is 0 Å². The molecular weight excluding hydrogens is 226 g/mol. The molecule has 0 aliphatic carbocycles. The van der Waals surface area contributed by atoms with E-state index in [0.29, 0.717) is 0 Å². The van der Waals surface area contributed by atoms with Crippen LogP contribution in [0.4, 0.5) is 0 Å². The molecule has 0 bridgehead atoms. The Balaban J connectivity index is 2.05. The van der Waals surface area contributed by atoms with Crippen LogP contribution in [0.3, 0.4) is 0 Å². The second kappa shape index (κ2) is 4.94. The van der Waals surface area contributed by atoms with E-state index in [9.17, 15) is 0 Å². The van der Waals surface area contributed by atoms with Crippen molar-refractivity contribution in [1.82, 2.24) is 24.6 Å². The Labute approximate surface area is 108 Å². The summed E-state index contributed by atoms with van der Waals surface area (Å²) in [5.41, 5.74) is 4.72. The molecule has 5 heteroatoms. The third-order valence-corrected chi connectivity index (χ3v) is 3.50. The minimum atomic E-state index is 0.843. The first-order valence-corrected chi connectivity index (χ1v) is 6.15. The SMILES string of the molecule is Cc1nc(CN(C)Cc2cn[nH]c2C)n(C)c1C. The number of imidazole rings is 1. The Bertz CT molecular complexity index is 538. The molecule has 2 heterocycles. The van der Waals surface area contributed by atoms with Crippen molar-refractivity contribution in [1.29, 1.82) is 0 Å². The van der Waals surface area contributed by atoms with Crippen LogP contribution in [0.25, 0.3) is 0 Å². The van der Waals surface area contributed by atoms with E-state index < -0.39 is 0 Å². The lowest BCUT2D eigenvalue weighted by Gasteiger charge is -2.16. The first-order valence-electron chi connectivity index (χ1n) is 6.15. The molecule has 0 aliphatic rings. The summed E-state index contributed by atoms with van der Waals surface area (Å²) in [7, 11) is 4.17. The second-order valence-electron chi connectivity index (χ2n) is 4.95. The zero-order valence-corrected chi connectivity index (χ0v) is 11.8. The fraction of sp³-hybridized carbons (Fsp3) is 0.538. The quantitative estimate of drug-likeness (QED) is 0.894. The molecule has 0 atom stereocenters. The average molecular weight is 247 g/mol. The van der Waals surface area contributed by atoms with Crippen molar-refractivity contribution in [3.63, 3.8) is 0 Å². The smallest absolute Gasteiger partial charge is 0.123 e. The number of aromatic amines is 1. The largest absolute Gasteiger partial charge is 0.334 e. The van der Waals surface area contributed by atoms with E-state index in [1.165, 1.54) is 11.3 Å². The molecular formula is C13H21N5. The van der Waals surface area contributed by atoms with E-state index in [0.717, 1.165) is 30.3 Å². The van der Waals surface area contributed by atoms with Gasteiger partial charge in [-0.25, -0.2) is 4.98 Å². The van der Waals surface area contributed by atoms with Gasteiger partial charge in [-0.05, 0) is 27.8 Å². The number of nitrogens with one attached hydrogen (secondary N) is 1. The van der Waals surface area contributed by atoms with Crippen LogP contribution in [-0.2, 0) is 20.1 Å². The van der Waals surface area contributed by atoms with E-state index >= 15 is 0 Å². The molecule has 0 saturated heterocycles. The number of hydrogen-bond donors (Lipinski definition) is 1. The average Bonchev–Trinajstić information content (AvgIpc) is 2.80. The Kier molecular flexibility index (Phi) is 3.52. The highest BCUT2D eigenvalue weighted by Crippen LogP contribution is 2.12. The number of rotatable bonds is 4. The van der Waals surface area contributed by atoms with Crippen LogP contribution in [0.2, 0.25) is 0 Å². The topological polar surface area (TPSA) is 49.7 Å². The molecule has 2 aromatic rings. The molecule has 0 unspecified atom stereocenters. The molecule has 0 radical (unpaired) electrons. The Morgan fingerprint density at radius 3 is 2.50 bits per heavy atom. The Morgan fingerprint density at radius 1 is 1.28 bits per heavy atom. The number of H-pyrrole nitrogens is 1. The van der Waals surface area contributed by atoms with Crippen molar-refractivity contribution in [2.45, 2.75) is 33.9 Å². The van der Waals surface area contributed by atoms with Crippen molar-refractivity contribution in [2.24, 2.45) is 7.05 Å². The van der Waals surface area contributed by atoms with E-state index in [1.54, 1.807) is 0 Å². The molecule has 0 aromatic carbocycles. The monoisotopic (exact) mass is 247 g/mol. The summed E-state index contributed by atoms with van der Waals surface area (Å²) in [5.74, 6) is 1.11. The van der Waals surface area contributed by atoms with Crippen LogP contribution >= 0.6 is 0 Å². The highest BCUT2D eigenvalue weighted by Gasteiger charge is 2.11. The van der Waals surface area contributed by atoms with Crippen LogP contribution in [0.15, 0.2) is 6.20 Å². The van der Waals surface area contributed by atoms with Gasteiger partial charge in [0.2, 0.25) is 0 Å². The molecule has 1 N–H and O–H groups in total. The van der Waals surface area contributed by atoms with Gasteiger partial charge in [-0.15, -0.1) is 0 Å². The zero-order valence-electron chi connectivity index (χ0n) is 11.8. The van der Waals surface area contributed by atoms with Crippen molar-refractivity contribution < 1.29 is 0 Å². The van der Waals surface area contributed by atoms with Crippen LogP contribution in [0.5, 0.6) is 0 Å². The predicted octanol–water partition coefficient (Wildman–Crippen LogP) is 1.70. The maximum absolute atomic E-state index is 4.60. The molecule has 0 saturated carbocycles. The summed E-state index contributed by atoms with van der Waals surface area (Å²) in [6.07, 6.45) is 1.89. The number of aromatic nitrogens is 4. The summed E-state index contributed by atoms with van der Waals surface area (Å²) in [6.45, 7) is 7.93. The Morgan fingerprint density at radius 2 is 2.00 bits per heavy atom. The van der Waals surface area contributed by atoms with Gasteiger partial charge in [-0.2, -0.15) is 5.10 Å². The molecule has 0 fully saturated rings. The fourth-order valence-corrected chi connectivity index (χ4v) is 2.05. The summed E-state index contributed by atoms with van der Waals surface area (Å²) in [4.78, 5) is 6.85. The fourth-order valence-electron chi connectivity index (χ4n) is 2.05. The normalized spacial score (nSPS) is 11.4. The third-order valence-electron chi connectivity index (χ3n) is 3.50. The van der Waals surface area contributed by atoms with E-state index in [4.69, 9.17) is 0 Å². The lowest BCUT2D eigenvalue weighted by Crippen LogP contribution is -2.20. The molecule has 2 rings (SSSR count). The lowest BCUT2D eigenvalue weighted by molar-refractivity contribution is 0.306. The lowest BCUT2D eigenvalue weighted by atomic mass is 10.2. The number of aryl methyl sites for hydroxylation is 2. The zero-order chi connectivity index (χ0) is 13.3. The number of hydrogen-bond acceptors (Lipinski definition) is 3. The minimum absolute atomic E-state index is 0.843. The van der Waals surface area contributed by atoms with Gasteiger partial charge in [-0.1, -0.05) is 0 Å². The standard InChI is InChI=1S/C13H21N5/c1-9-11(3)18(5)13(15-9)8-17(4)7-12-6-14-16-10(12)2/h6H,7-8H2,1-5H3,(H,14,16). The van der Waals surface area contributed by atoms with Crippen molar-refractivity contribution in [3.8, 4) is 0 Å². The van der Waals surface area contributed by atoms with E-state index in [1.807, 2.05) is 13.1 Å². The van der Waals surface area contributed by atoms with E-state index in [-0.39, 0.29) is 0 Å². The van der Waals surface area contributed by atoms with Gasteiger partial charge in [-0.3, -0.25) is 10.00 Å². The Hall–Kier alpha value is -1.62. The summed E-state index contributed by atoms with van der Waals surface area (Å²) in [6, 6.07) is 0. The first kappa shape index (κ1) is 12.8. The molecule has 2 aromatic heterocycles. The molecule has 18 heavy (non-hydrogen) atoms. The summed E-state index contributed by atoms with van der Waals surface area (Å²) >= 11 is 0. The molecule has 0 spiro atoms. The van der Waals surface area contributed by atoms with Crippen LogP contribution < -0.4 is 0 Å². The van der Waals surface area contributed by atoms with Crippen LogP contribution in [-0.4, -0.2) is 31.7 Å².